The van der Waals surface area contributed by atoms with Crippen LogP contribution >= 0.6 is 27.3 Å². The van der Waals surface area contributed by atoms with Gasteiger partial charge in [-0.2, -0.15) is 0 Å². The van der Waals surface area contributed by atoms with Gasteiger partial charge in [0.15, 0.2) is 0 Å². The molecule has 1 aromatic carbocycles. The average Bonchev–Trinajstić information content (AvgIpc) is 2.94. The Kier molecular flexibility index (Phi) is 4.13. The van der Waals surface area contributed by atoms with Crippen LogP contribution in [-0.4, -0.2) is 5.91 Å². The number of anilines is 1. The number of alkyl halides is 1. The molecule has 21 heavy (non-hydrogen) atoms. The van der Waals surface area contributed by atoms with Gasteiger partial charge in [-0.15, -0.1) is 11.3 Å². The summed E-state index contributed by atoms with van der Waals surface area (Å²) in [5, 5.41) is 4.77. The van der Waals surface area contributed by atoms with Crippen LogP contribution in [0.2, 0.25) is 0 Å². The normalized spacial score (nSPS) is 15.5. The summed E-state index contributed by atoms with van der Waals surface area (Å²) in [7, 11) is 0. The molecule has 1 unspecified atom stereocenters. The minimum atomic E-state index is -0.284. The molecule has 1 atom stereocenters. The van der Waals surface area contributed by atoms with Crippen LogP contribution < -0.4 is 5.32 Å². The molecular formula is C16H15BrFNOS. The fraction of sp³-hybridized carbons (Fsp3) is 0.312. The molecule has 2 heterocycles. The van der Waals surface area contributed by atoms with Gasteiger partial charge in [-0.1, -0.05) is 22.9 Å². The van der Waals surface area contributed by atoms with Gasteiger partial charge in [0.2, 0.25) is 5.91 Å². The Morgan fingerprint density at radius 1 is 1.43 bits per heavy atom. The monoisotopic (exact) mass is 367 g/mol. The minimum absolute atomic E-state index is 0.0448. The molecule has 0 spiro atoms. The van der Waals surface area contributed by atoms with Crippen molar-refractivity contribution in [1.29, 1.82) is 0 Å². The number of thiophene rings is 1. The van der Waals surface area contributed by atoms with Crippen molar-refractivity contribution in [1.82, 2.24) is 0 Å². The van der Waals surface area contributed by atoms with Gasteiger partial charge in [0.1, 0.15) is 5.82 Å². The van der Waals surface area contributed by atoms with E-state index in [1.807, 2.05) is 11.4 Å². The smallest absolute Gasteiger partial charge is 0.224 e. The molecule has 2 nitrogen and oxygen atoms in total. The van der Waals surface area contributed by atoms with E-state index < -0.39 is 0 Å². The summed E-state index contributed by atoms with van der Waals surface area (Å²) in [6.45, 7) is 2.10. The Morgan fingerprint density at radius 3 is 3.00 bits per heavy atom. The number of hydrogen-bond acceptors (Lipinski definition) is 2. The maximum absolute atomic E-state index is 14.4. The Bertz CT molecular complexity index is 698. The van der Waals surface area contributed by atoms with Gasteiger partial charge in [0.25, 0.3) is 0 Å². The van der Waals surface area contributed by atoms with E-state index in [2.05, 4.69) is 34.2 Å². The van der Waals surface area contributed by atoms with E-state index in [0.717, 1.165) is 16.9 Å². The van der Waals surface area contributed by atoms with Crippen LogP contribution in [0.5, 0.6) is 0 Å². The molecule has 0 saturated heterocycles. The van der Waals surface area contributed by atoms with E-state index in [0.29, 0.717) is 24.1 Å². The number of rotatable bonds is 3. The van der Waals surface area contributed by atoms with E-state index in [1.54, 1.807) is 11.3 Å². The molecule has 0 fully saturated rings. The Labute approximate surface area is 135 Å². The van der Waals surface area contributed by atoms with Gasteiger partial charge in [-0.05, 0) is 47.5 Å². The lowest BCUT2D eigenvalue weighted by Gasteiger charge is -2.20. The summed E-state index contributed by atoms with van der Waals surface area (Å²) in [5.41, 5.74) is 3.49. The highest BCUT2D eigenvalue weighted by Gasteiger charge is 2.23. The third kappa shape index (κ3) is 2.77. The van der Waals surface area contributed by atoms with Gasteiger partial charge >= 0.3 is 0 Å². The lowest BCUT2D eigenvalue weighted by atomic mass is 9.97. The number of hydrogen-bond donors (Lipinski definition) is 1. The Morgan fingerprint density at radius 2 is 2.24 bits per heavy atom. The highest BCUT2D eigenvalue weighted by molar-refractivity contribution is 9.09. The van der Waals surface area contributed by atoms with Crippen molar-refractivity contribution in [3.63, 3.8) is 0 Å². The third-order valence-electron chi connectivity index (χ3n) is 3.78. The molecule has 0 radical (unpaired) electrons. The first-order valence-electron chi connectivity index (χ1n) is 6.92. The number of fused-ring (bicyclic) bond motifs is 1. The SMILES string of the molecule is CCc1ccsc1C(Br)c1cc2c(cc1F)NC(=O)CC2. The highest BCUT2D eigenvalue weighted by Crippen LogP contribution is 2.40. The number of nitrogens with one attached hydrogen (secondary N) is 1. The second-order valence-corrected chi connectivity index (χ2v) is 6.97. The maximum Gasteiger partial charge on any atom is 0.224 e. The average molecular weight is 368 g/mol. The second-order valence-electron chi connectivity index (χ2n) is 5.11. The summed E-state index contributed by atoms with van der Waals surface area (Å²) >= 11 is 5.28. The summed E-state index contributed by atoms with van der Waals surface area (Å²) in [4.78, 5) is 12.4. The predicted octanol–water partition coefficient (Wildman–Crippen LogP) is 4.82. The molecule has 1 amide bonds. The van der Waals surface area contributed by atoms with Crippen molar-refractivity contribution in [3.05, 3.63) is 51.0 Å². The van der Waals surface area contributed by atoms with Crippen molar-refractivity contribution in [2.75, 3.05) is 5.32 Å². The van der Waals surface area contributed by atoms with Crippen LogP contribution in [0.4, 0.5) is 10.1 Å². The molecule has 110 valence electrons. The van der Waals surface area contributed by atoms with E-state index >= 15 is 0 Å². The maximum atomic E-state index is 14.4. The van der Waals surface area contributed by atoms with Crippen LogP contribution in [0.3, 0.4) is 0 Å². The molecule has 2 aromatic rings. The molecule has 5 heteroatoms. The standard InChI is InChI=1S/C16H15BrFNOS/c1-2-9-5-6-21-16(9)15(17)11-7-10-3-4-14(20)19-13(10)8-12(11)18/h5-8,15H,2-4H2,1H3,(H,19,20). The number of aryl methyl sites for hydroxylation is 2. The topological polar surface area (TPSA) is 29.1 Å². The van der Waals surface area contributed by atoms with Crippen LogP contribution in [0, 0.1) is 5.82 Å². The van der Waals surface area contributed by atoms with Gasteiger partial charge < -0.3 is 5.32 Å². The van der Waals surface area contributed by atoms with E-state index in [9.17, 15) is 9.18 Å². The first kappa shape index (κ1) is 14.7. The van der Waals surface area contributed by atoms with Crippen molar-refractivity contribution < 1.29 is 9.18 Å². The molecule has 0 saturated carbocycles. The second kappa shape index (κ2) is 5.89. The first-order chi connectivity index (χ1) is 10.1. The zero-order valence-electron chi connectivity index (χ0n) is 11.6. The fourth-order valence-electron chi connectivity index (χ4n) is 2.62. The van der Waals surface area contributed by atoms with E-state index in [4.69, 9.17) is 0 Å². The molecule has 0 aliphatic carbocycles. The highest BCUT2D eigenvalue weighted by atomic mass is 79.9. The minimum Gasteiger partial charge on any atom is -0.326 e. The molecular weight excluding hydrogens is 353 g/mol. The summed E-state index contributed by atoms with van der Waals surface area (Å²) in [5.74, 6) is -0.329. The fourth-order valence-corrected chi connectivity index (χ4v) is 4.58. The lowest BCUT2D eigenvalue weighted by molar-refractivity contribution is -0.116. The quantitative estimate of drug-likeness (QED) is 0.774. The van der Waals surface area contributed by atoms with E-state index in [1.165, 1.54) is 11.6 Å². The largest absolute Gasteiger partial charge is 0.326 e. The van der Waals surface area contributed by atoms with Gasteiger partial charge in [-0.3, -0.25) is 4.79 Å². The lowest BCUT2D eigenvalue weighted by Crippen LogP contribution is -2.19. The van der Waals surface area contributed by atoms with Crippen LogP contribution in [0.15, 0.2) is 23.6 Å². The van der Waals surface area contributed by atoms with Gasteiger partial charge in [-0.25, -0.2) is 4.39 Å². The van der Waals surface area contributed by atoms with Gasteiger partial charge in [0.05, 0.1) is 4.83 Å². The van der Waals surface area contributed by atoms with Crippen molar-refractivity contribution in [3.8, 4) is 0 Å². The molecule has 1 aliphatic rings. The molecule has 1 N–H and O–H groups in total. The summed E-state index contributed by atoms with van der Waals surface area (Å²) in [6, 6.07) is 5.41. The van der Waals surface area contributed by atoms with E-state index in [-0.39, 0.29) is 16.6 Å². The Hall–Kier alpha value is -1.20. The number of amides is 1. The van der Waals surface area contributed by atoms with Crippen LogP contribution in [0.25, 0.3) is 0 Å². The van der Waals surface area contributed by atoms with Crippen molar-refractivity contribution >= 4 is 38.9 Å². The predicted molar refractivity (Wildman–Crippen MR) is 87.8 cm³/mol. The van der Waals surface area contributed by atoms with Gasteiger partial charge in [0, 0.05) is 22.5 Å². The first-order valence-corrected chi connectivity index (χ1v) is 8.72. The number of benzene rings is 1. The third-order valence-corrected chi connectivity index (χ3v) is 6.06. The number of carbonyl (C=O) groups is 1. The van der Waals surface area contributed by atoms with Crippen LogP contribution in [0.1, 0.15) is 39.7 Å². The zero-order chi connectivity index (χ0) is 15.0. The molecule has 0 bridgehead atoms. The summed E-state index contributed by atoms with van der Waals surface area (Å²) < 4.78 is 14.4. The molecule has 3 rings (SSSR count). The summed E-state index contributed by atoms with van der Waals surface area (Å²) in [6.07, 6.45) is 2.06. The molecule has 1 aliphatic heterocycles. The zero-order valence-corrected chi connectivity index (χ0v) is 14.0. The van der Waals surface area contributed by atoms with Crippen LogP contribution in [-0.2, 0) is 17.6 Å². The Balaban J connectivity index is 2.01. The van der Waals surface area contributed by atoms with Crippen molar-refractivity contribution in [2.45, 2.75) is 31.0 Å². The number of carbonyl (C=O) groups excluding carboxylic acids is 1. The van der Waals surface area contributed by atoms with Crippen molar-refractivity contribution in [2.24, 2.45) is 0 Å². The molecule has 1 aromatic heterocycles. The number of halogens is 2.